The third-order valence-electron chi connectivity index (χ3n) is 4.79. The van der Waals surface area contributed by atoms with E-state index in [1.54, 1.807) is 44.3 Å². The summed E-state index contributed by atoms with van der Waals surface area (Å²) in [7, 11) is -1.92. The first-order valence-electron chi connectivity index (χ1n) is 9.99. The van der Waals surface area contributed by atoms with Crippen LogP contribution in [0.4, 0.5) is 4.39 Å². The van der Waals surface area contributed by atoms with Gasteiger partial charge in [0.15, 0.2) is 5.96 Å². The van der Waals surface area contributed by atoms with Crippen LogP contribution in [-0.4, -0.2) is 38.3 Å². The number of benzene rings is 2. The Balaban J connectivity index is 0.00000480. The molecule has 0 aliphatic heterocycles. The molecule has 0 saturated heterocycles. The summed E-state index contributed by atoms with van der Waals surface area (Å²) in [4.78, 5) is 4.76. The Bertz CT molecular complexity index is 980. The van der Waals surface area contributed by atoms with Crippen LogP contribution in [0.3, 0.4) is 0 Å². The van der Waals surface area contributed by atoms with Crippen molar-refractivity contribution in [3.05, 3.63) is 65.0 Å². The zero-order valence-electron chi connectivity index (χ0n) is 18.6. The number of nitrogens with zero attached hydrogens (tertiary/aromatic N) is 2. The summed E-state index contributed by atoms with van der Waals surface area (Å²) in [5.41, 5.74) is 2.32. The first-order valence-corrected chi connectivity index (χ1v) is 11.4. The lowest BCUT2D eigenvalue weighted by atomic mass is 10.1. The quantitative estimate of drug-likeness (QED) is 0.290. The zero-order valence-corrected chi connectivity index (χ0v) is 21.8. The molecule has 0 fully saturated rings. The topological polar surface area (TPSA) is 73.8 Å². The minimum Gasteiger partial charge on any atom is -0.357 e. The van der Waals surface area contributed by atoms with E-state index in [9.17, 15) is 12.8 Å². The maximum absolute atomic E-state index is 13.7. The average molecular weight is 562 g/mol. The molecule has 6 nitrogen and oxygen atoms in total. The van der Waals surface area contributed by atoms with Gasteiger partial charge in [-0.25, -0.2) is 17.8 Å². The van der Waals surface area contributed by atoms with Crippen LogP contribution < -0.4 is 10.6 Å². The van der Waals surface area contributed by atoms with Crippen molar-refractivity contribution in [2.24, 2.45) is 4.99 Å². The Kier molecular flexibility index (Phi) is 10.9. The first-order chi connectivity index (χ1) is 14.1. The molecule has 9 heteroatoms. The number of aliphatic imine (C=N–C) groups is 1. The van der Waals surface area contributed by atoms with E-state index in [1.807, 2.05) is 26.8 Å². The van der Waals surface area contributed by atoms with Crippen LogP contribution in [-0.2, 0) is 23.1 Å². The van der Waals surface area contributed by atoms with Crippen molar-refractivity contribution in [3.8, 4) is 0 Å². The van der Waals surface area contributed by atoms with Crippen molar-refractivity contribution in [2.75, 3.05) is 13.6 Å². The summed E-state index contributed by atoms with van der Waals surface area (Å²) in [5.74, 6) is 0.369. The molecule has 31 heavy (non-hydrogen) atoms. The third-order valence-corrected chi connectivity index (χ3v) is 6.84. The van der Waals surface area contributed by atoms with Gasteiger partial charge in [-0.1, -0.05) is 24.3 Å². The highest BCUT2D eigenvalue weighted by atomic mass is 127. The summed E-state index contributed by atoms with van der Waals surface area (Å²) in [6.07, 6.45) is 0. The second-order valence-corrected chi connectivity index (χ2v) is 9.39. The second kappa shape index (κ2) is 12.4. The Morgan fingerprint density at radius 2 is 1.71 bits per heavy atom. The maximum atomic E-state index is 13.7. The number of sulfonamides is 1. The lowest BCUT2D eigenvalue weighted by molar-refractivity contribution is 0.410. The summed E-state index contributed by atoms with van der Waals surface area (Å²) in [5, 5.41) is 6.37. The zero-order chi connectivity index (χ0) is 22.3. The number of halogens is 2. The van der Waals surface area contributed by atoms with Crippen LogP contribution in [0.25, 0.3) is 0 Å². The molecule has 2 aromatic carbocycles. The van der Waals surface area contributed by atoms with E-state index in [4.69, 9.17) is 0 Å². The highest BCUT2D eigenvalue weighted by Crippen LogP contribution is 2.17. The van der Waals surface area contributed by atoms with Crippen molar-refractivity contribution in [3.63, 3.8) is 0 Å². The van der Waals surface area contributed by atoms with Gasteiger partial charge in [0.05, 0.1) is 11.4 Å². The van der Waals surface area contributed by atoms with Crippen LogP contribution in [0.2, 0.25) is 0 Å². The molecule has 0 aliphatic carbocycles. The van der Waals surface area contributed by atoms with Crippen LogP contribution >= 0.6 is 24.0 Å². The number of guanidine groups is 1. The summed E-state index contributed by atoms with van der Waals surface area (Å²) in [6, 6.07) is 11.8. The first kappa shape index (κ1) is 27.3. The highest BCUT2D eigenvalue weighted by molar-refractivity contribution is 14.0. The van der Waals surface area contributed by atoms with Gasteiger partial charge in [-0.05, 0) is 62.6 Å². The molecule has 0 bridgehead atoms. The number of hydrogen-bond donors (Lipinski definition) is 2. The molecular weight excluding hydrogens is 530 g/mol. The van der Waals surface area contributed by atoms with Crippen molar-refractivity contribution >= 4 is 40.0 Å². The minimum absolute atomic E-state index is 0. The van der Waals surface area contributed by atoms with Gasteiger partial charge in [0, 0.05) is 26.2 Å². The fraction of sp³-hybridized carbons (Fsp3) is 0.409. The number of aryl methyl sites for hydroxylation is 1. The van der Waals surface area contributed by atoms with Gasteiger partial charge in [-0.2, -0.15) is 4.31 Å². The summed E-state index contributed by atoms with van der Waals surface area (Å²) < 4.78 is 40.2. The molecule has 0 atom stereocenters. The van der Waals surface area contributed by atoms with Gasteiger partial charge < -0.3 is 10.6 Å². The fourth-order valence-electron chi connectivity index (χ4n) is 2.66. The Morgan fingerprint density at radius 3 is 2.26 bits per heavy atom. The predicted octanol–water partition coefficient (Wildman–Crippen LogP) is 4.04. The van der Waals surface area contributed by atoms with Gasteiger partial charge in [0.2, 0.25) is 10.0 Å². The molecule has 0 heterocycles. The molecule has 0 unspecified atom stereocenters. The standard InChI is InChI=1S/C22H31FN4O2S.HI/c1-6-24-22(26-15-19-8-7-17(4)21(23)13-19)25-14-18-9-11-20(12-10-18)30(28,29)27(5)16(2)3;/h7-13,16H,6,14-15H2,1-5H3,(H2,24,25,26);1H. The molecule has 0 aliphatic rings. The monoisotopic (exact) mass is 562 g/mol. The molecule has 2 rings (SSSR count). The summed E-state index contributed by atoms with van der Waals surface area (Å²) in [6.45, 7) is 8.89. The van der Waals surface area contributed by atoms with Gasteiger partial charge >= 0.3 is 0 Å². The van der Waals surface area contributed by atoms with E-state index in [0.717, 1.165) is 11.1 Å². The molecular formula is C22H32FIN4O2S. The van der Waals surface area contributed by atoms with Crippen molar-refractivity contribution in [2.45, 2.75) is 51.7 Å². The van der Waals surface area contributed by atoms with E-state index in [-0.39, 0.29) is 40.7 Å². The molecule has 0 radical (unpaired) electrons. The van der Waals surface area contributed by atoms with Gasteiger partial charge in [0.1, 0.15) is 5.82 Å². The molecule has 172 valence electrons. The lowest BCUT2D eigenvalue weighted by Gasteiger charge is -2.21. The lowest BCUT2D eigenvalue weighted by Crippen LogP contribution is -2.36. The largest absolute Gasteiger partial charge is 0.357 e. The molecule has 0 spiro atoms. The smallest absolute Gasteiger partial charge is 0.243 e. The molecule has 0 saturated carbocycles. The highest BCUT2D eigenvalue weighted by Gasteiger charge is 2.22. The second-order valence-electron chi connectivity index (χ2n) is 7.39. The van der Waals surface area contributed by atoms with E-state index < -0.39 is 10.0 Å². The number of hydrogen-bond acceptors (Lipinski definition) is 3. The number of rotatable bonds is 8. The predicted molar refractivity (Wildman–Crippen MR) is 135 cm³/mol. The molecule has 2 aromatic rings. The Labute approximate surface area is 202 Å². The minimum atomic E-state index is -3.49. The van der Waals surface area contributed by atoms with Gasteiger partial charge in [0.25, 0.3) is 0 Å². The Morgan fingerprint density at radius 1 is 1.10 bits per heavy atom. The van der Waals surface area contributed by atoms with Gasteiger partial charge in [-0.3, -0.25) is 0 Å². The average Bonchev–Trinajstić information content (AvgIpc) is 2.72. The third kappa shape index (κ3) is 7.73. The summed E-state index contributed by atoms with van der Waals surface area (Å²) >= 11 is 0. The number of nitrogens with one attached hydrogen (secondary N) is 2. The van der Waals surface area contributed by atoms with Crippen molar-refractivity contribution < 1.29 is 12.8 Å². The molecule has 0 amide bonds. The van der Waals surface area contributed by atoms with Crippen LogP contribution in [0, 0.1) is 12.7 Å². The maximum Gasteiger partial charge on any atom is 0.243 e. The van der Waals surface area contributed by atoms with E-state index >= 15 is 0 Å². The van der Waals surface area contributed by atoms with E-state index in [2.05, 4.69) is 15.6 Å². The van der Waals surface area contributed by atoms with E-state index in [1.165, 1.54) is 10.4 Å². The van der Waals surface area contributed by atoms with Crippen LogP contribution in [0.1, 0.15) is 37.5 Å². The van der Waals surface area contributed by atoms with Crippen molar-refractivity contribution in [1.82, 2.24) is 14.9 Å². The van der Waals surface area contributed by atoms with Gasteiger partial charge in [-0.15, -0.1) is 24.0 Å². The molecule has 2 N–H and O–H groups in total. The van der Waals surface area contributed by atoms with E-state index in [0.29, 0.717) is 31.2 Å². The van der Waals surface area contributed by atoms with Crippen molar-refractivity contribution in [1.29, 1.82) is 0 Å². The molecule has 0 aromatic heterocycles. The normalized spacial score (nSPS) is 12.1. The van der Waals surface area contributed by atoms with Crippen LogP contribution in [0.15, 0.2) is 52.4 Å². The SMILES string of the molecule is CCNC(=NCc1ccc(C)c(F)c1)NCc1ccc(S(=O)(=O)N(C)C(C)C)cc1.I. The van der Waals surface area contributed by atoms with Crippen LogP contribution in [0.5, 0.6) is 0 Å². The Hall–Kier alpha value is -1.72. The fourth-order valence-corrected chi connectivity index (χ4v) is 4.02.